The quantitative estimate of drug-likeness (QED) is 0.803. The number of nitrogens with zero attached hydrogens (tertiary/aromatic N) is 2. The maximum absolute atomic E-state index is 11.2. The zero-order chi connectivity index (χ0) is 13.8. The van der Waals surface area contributed by atoms with Crippen LogP contribution in [0.3, 0.4) is 0 Å². The van der Waals surface area contributed by atoms with Gasteiger partial charge in [0.2, 0.25) is 0 Å². The molecule has 96 valence electrons. The lowest BCUT2D eigenvalue weighted by molar-refractivity contribution is 0.0956. The summed E-state index contributed by atoms with van der Waals surface area (Å²) in [7, 11) is 0. The predicted molar refractivity (Wildman–Crippen MR) is 69.6 cm³/mol. The minimum absolute atomic E-state index is 0.327. The van der Waals surface area contributed by atoms with Crippen LogP contribution in [-0.2, 0) is 6.54 Å². The van der Waals surface area contributed by atoms with Crippen LogP contribution in [0.4, 0.5) is 10.5 Å². The normalized spacial score (nSPS) is 10.6. The second-order valence-corrected chi connectivity index (χ2v) is 4.93. The third kappa shape index (κ3) is 3.71. The molecule has 1 amide bonds. The number of benzene rings is 1. The summed E-state index contributed by atoms with van der Waals surface area (Å²) in [6.45, 7) is 5.89. The Morgan fingerprint density at radius 3 is 2.33 bits per heavy atom. The van der Waals surface area contributed by atoms with Gasteiger partial charge in [0.15, 0.2) is 0 Å². The molecular formula is C13H17N3O2. The molecule has 18 heavy (non-hydrogen) atoms. The second-order valence-electron chi connectivity index (χ2n) is 4.93. The number of aliphatic imine (C=N–C) groups is 1. The van der Waals surface area contributed by atoms with Gasteiger partial charge < -0.3 is 5.11 Å². The molecule has 0 heterocycles. The first-order valence-electron chi connectivity index (χ1n) is 5.56. The smallest absolute Gasteiger partial charge is 0.408 e. The first kappa shape index (κ1) is 13.9. The van der Waals surface area contributed by atoms with Crippen molar-refractivity contribution in [2.45, 2.75) is 32.9 Å². The minimum Gasteiger partial charge on any atom is -0.465 e. The zero-order valence-corrected chi connectivity index (χ0v) is 10.8. The van der Waals surface area contributed by atoms with Crippen molar-refractivity contribution in [3.63, 3.8) is 0 Å². The van der Waals surface area contributed by atoms with E-state index in [-0.39, 0.29) is 0 Å². The summed E-state index contributed by atoms with van der Waals surface area (Å²) in [6.07, 6.45) is -0.941. The molecule has 0 aliphatic heterocycles. The molecule has 0 unspecified atom stereocenters. The van der Waals surface area contributed by atoms with Gasteiger partial charge in [-0.25, -0.2) is 10.2 Å². The lowest BCUT2D eigenvalue weighted by Gasteiger charge is -2.33. The highest BCUT2D eigenvalue weighted by Gasteiger charge is 2.25. The van der Waals surface area contributed by atoms with Gasteiger partial charge in [0, 0.05) is 12.1 Å². The fourth-order valence-electron chi connectivity index (χ4n) is 1.51. The summed E-state index contributed by atoms with van der Waals surface area (Å²) in [5.41, 5.74) is 1.07. The van der Waals surface area contributed by atoms with Gasteiger partial charge in [-0.05, 0) is 38.5 Å². The SMILES string of the molecule is CC(C)(C)N(Cc1ccc(N=C=N)cc1)C(=O)O. The Labute approximate surface area is 106 Å². The highest BCUT2D eigenvalue weighted by molar-refractivity contribution is 5.66. The first-order chi connectivity index (χ1) is 8.34. The Morgan fingerprint density at radius 2 is 1.94 bits per heavy atom. The van der Waals surface area contributed by atoms with Gasteiger partial charge in [0.05, 0.1) is 11.7 Å². The topological polar surface area (TPSA) is 76.8 Å². The molecule has 0 aliphatic rings. The molecule has 0 saturated carbocycles. The van der Waals surface area contributed by atoms with Crippen molar-refractivity contribution >= 4 is 17.8 Å². The molecule has 5 heteroatoms. The van der Waals surface area contributed by atoms with Crippen LogP contribution in [0.1, 0.15) is 26.3 Å². The molecule has 0 fully saturated rings. The monoisotopic (exact) mass is 247 g/mol. The molecule has 0 radical (unpaired) electrons. The van der Waals surface area contributed by atoms with E-state index in [2.05, 4.69) is 4.99 Å². The molecule has 0 saturated heterocycles. The molecule has 0 atom stereocenters. The van der Waals surface area contributed by atoms with Crippen LogP contribution in [0.25, 0.3) is 0 Å². The molecule has 1 aromatic carbocycles. The zero-order valence-electron chi connectivity index (χ0n) is 10.8. The summed E-state index contributed by atoms with van der Waals surface area (Å²) >= 11 is 0. The molecule has 0 spiro atoms. The third-order valence-corrected chi connectivity index (χ3v) is 2.50. The lowest BCUT2D eigenvalue weighted by Crippen LogP contribution is -2.44. The van der Waals surface area contributed by atoms with Crippen LogP contribution in [0.15, 0.2) is 29.3 Å². The van der Waals surface area contributed by atoms with E-state index < -0.39 is 11.6 Å². The average molecular weight is 247 g/mol. The van der Waals surface area contributed by atoms with E-state index in [1.54, 1.807) is 24.3 Å². The Hall–Kier alpha value is -2.13. The van der Waals surface area contributed by atoms with E-state index in [0.717, 1.165) is 5.56 Å². The van der Waals surface area contributed by atoms with Crippen molar-refractivity contribution in [1.82, 2.24) is 4.90 Å². The van der Waals surface area contributed by atoms with Crippen LogP contribution in [0.5, 0.6) is 0 Å². The third-order valence-electron chi connectivity index (χ3n) is 2.50. The number of carbonyl (C=O) groups is 1. The largest absolute Gasteiger partial charge is 0.465 e. The maximum Gasteiger partial charge on any atom is 0.408 e. The van der Waals surface area contributed by atoms with Crippen LogP contribution in [-0.4, -0.2) is 27.6 Å². The fraction of sp³-hybridized carbons (Fsp3) is 0.385. The summed E-state index contributed by atoms with van der Waals surface area (Å²) < 4.78 is 0. The first-order valence-corrected chi connectivity index (χ1v) is 5.56. The summed E-state index contributed by atoms with van der Waals surface area (Å²) in [5.74, 6) is 0. The lowest BCUT2D eigenvalue weighted by atomic mass is 10.1. The van der Waals surface area contributed by atoms with Crippen molar-refractivity contribution < 1.29 is 9.90 Å². The fourth-order valence-corrected chi connectivity index (χ4v) is 1.51. The van der Waals surface area contributed by atoms with Crippen LogP contribution < -0.4 is 0 Å². The van der Waals surface area contributed by atoms with Gasteiger partial charge in [-0.2, -0.15) is 4.99 Å². The number of hydrogen-bond donors (Lipinski definition) is 2. The summed E-state index contributed by atoms with van der Waals surface area (Å²) in [4.78, 5) is 16.3. The molecule has 0 bridgehead atoms. The van der Waals surface area contributed by atoms with E-state index in [4.69, 9.17) is 5.41 Å². The Kier molecular flexibility index (Phi) is 4.23. The highest BCUT2D eigenvalue weighted by atomic mass is 16.4. The van der Waals surface area contributed by atoms with Gasteiger partial charge in [-0.1, -0.05) is 12.1 Å². The predicted octanol–water partition coefficient (Wildman–Crippen LogP) is 3.35. The van der Waals surface area contributed by atoms with Gasteiger partial charge in [-0.15, -0.1) is 0 Å². The Bertz CT molecular complexity index is 468. The average Bonchev–Trinajstić information content (AvgIpc) is 2.26. The molecular weight excluding hydrogens is 230 g/mol. The number of hydrogen-bond acceptors (Lipinski definition) is 3. The van der Waals surface area contributed by atoms with E-state index in [0.29, 0.717) is 12.2 Å². The molecule has 2 N–H and O–H groups in total. The maximum atomic E-state index is 11.2. The Balaban J connectivity index is 2.88. The molecule has 0 aliphatic carbocycles. The van der Waals surface area contributed by atoms with E-state index in [9.17, 15) is 9.90 Å². The molecule has 1 rings (SSSR count). The van der Waals surface area contributed by atoms with Gasteiger partial charge in [0.1, 0.15) is 0 Å². The highest BCUT2D eigenvalue weighted by Crippen LogP contribution is 2.19. The molecule has 5 nitrogen and oxygen atoms in total. The van der Waals surface area contributed by atoms with E-state index >= 15 is 0 Å². The van der Waals surface area contributed by atoms with Crippen molar-refractivity contribution in [1.29, 1.82) is 5.41 Å². The number of rotatable bonds is 3. The van der Waals surface area contributed by atoms with Crippen molar-refractivity contribution in [2.24, 2.45) is 4.99 Å². The van der Waals surface area contributed by atoms with Crippen LogP contribution in [0, 0.1) is 5.41 Å². The van der Waals surface area contributed by atoms with Crippen LogP contribution >= 0.6 is 0 Å². The summed E-state index contributed by atoms with van der Waals surface area (Å²) in [6, 6.07) is 9.04. The van der Waals surface area contributed by atoms with Crippen molar-refractivity contribution in [3.8, 4) is 0 Å². The van der Waals surface area contributed by atoms with E-state index in [1.165, 1.54) is 4.90 Å². The minimum atomic E-state index is -0.941. The Morgan fingerprint density at radius 1 is 1.39 bits per heavy atom. The van der Waals surface area contributed by atoms with Crippen molar-refractivity contribution in [3.05, 3.63) is 29.8 Å². The number of carboxylic acid groups (broad SMARTS) is 1. The van der Waals surface area contributed by atoms with Crippen LogP contribution in [0.2, 0.25) is 0 Å². The van der Waals surface area contributed by atoms with Gasteiger partial charge in [0.25, 0.3) is 0 Å². The van der Waals surface area contributed by atoms with Gasteiger partial charge in [-0.3, -0.25) is 4.90 Å². The molecule has 1 aromatic rings. The number of nitrogens with one attached hydrogen (secondary N) is 1. The summed E-state index contributed by atoms with van der Waals surface area (Å²) in [5, 5.41) is 15.9. The van der Waals surface area contributed by atoms with E-state index in [1.807, 2.05) is 26.8 Å². The number of amides is 1. The molecule has 0 aromatic heterocycles. The van der Waals surface area contributed by atoms with Crippen molar-refractivity contribution in [2.75, 3.05) is 0 Å². The standard InChI is InChI=1S/C13H17N3O2/c1-13(2,3)16(12(17)18)8-10-4-6-11(7-5-10)15-9-14/h4-7,14H,8H2,1-3H3,(H,17,18). The second kappa shape index (κ2) is 5.47. The van der Waals surface area contributed by atoms with Gasteiger partial charge >= 0.3 is 6.09 Å².